The third-order valence-electron chi connectivity index (χ3n) is 4.22. The number of azo groups is 1. The van der Waals surface area contributed by atoms with Gasteiger partial charge in [0.2, 0.25) is 0 Å². The van der Waals surface area contributed by atoms with Gasteiger partial charge in [-0.2, -0.15) is 0 Å². The van der Waals surface area contributed by atoms with Crippen molar-refractivity contribution >= 4 is 40.7 Å². The number of benzene rings is 3. The van der Waals surface area contributed by atoms with Gasteiger partial charge in [0.25, 0.3) is 11.4 Å². The molecule has 3 aromatic carbocycles. The molecule has 0 aliphatic rings. The first-order chi connectivity index (χ1) is 16.3. The van der Waals surface area contributed by atoms with Gasteiger partial charge in [0, 0.05) is 12.1 Å². The molecule has 0 fully saturated rings. The van der Waals surface area contributed by atoms with Crippen LogP contribution >= 0.6 is 0 Å². The Bertz CT molecular complexity index is 1290. The van der Waals surface area contributed by atoms with Crippen molar-refractivity contribution in [1.29, 1.82) is 0 Å². The van der Waals surface area contributed by atoms with Gasteiger partial charge in [-0.3, -0.25) is 25.0 Å². The van der Waals surface area contributed by atoms with E-state index in [1.165, 1.54) is 30.3 Å². The van der Waals surface area contributed by atoms with Crippen molar-refractivity contribution in [1.82, 2.24) is 0 Å². The molecule has 0 atom stereocenters. The van der Waals surface area contributed by atoms with Crippen LogP contribution in [0.2, 0.25) is 0 Å². The average Bonchev–Trinajstić information content (AvgIpc) is 2.85. The number of non-ortho nitro benzene ring substituents is 1. The fourth-order valence-electron chi connectivity index (χ4n) is 2.59. The molecule has 3 rings (SSSR count). The summed E-state index contributed by atoms with van der Waals surface area (Å²) in [6.45, 7) is 0. The lowest BCUT2D eigenvalue weighted by Crippen LogP contribution is -2.07. The van der Waals surface area contributed by atoms with Gasteiger partial charge >= 0.3 is 11.9 Å². The molecule has 0 bridgehead atoms. The van der Waals surface area contributed by atoms with Crippen LogP contribution in [0.5, 0.6) is 0 Å². The second-order valence-electron chi connectivity index (χ2n) is 6.53. The molecule has 0 aromatic heterocycles. The molecule has 3 aromatic rings. The van der Waals surface area contributed by atoms with Crippen LogP contribution in [0.1, 0.15) is 15.9 Å². The molecule has 0 unspecified atom stereocenters. The van der Waals surface area contributed by atoms with Crippen molar-refractivity contribution in [3.05, 3.63) is 110 Å². The SMILES string of the molecule is O=C(/C=C/c1ccccc1)ONc1ccc(N=NC(=O)c2ccc([N+](=O)[O-])cc2[N+](=O)[O-])cc1. The van der Waals surface area contributed by atoms with Gasteiger partial charge in [-0.1, -0.05) is 30.3 Å². The molecule has 0 radical (unpaired) electrons. The van der Waals surface area contributed by atoms with Crippen molar-refractivity contribution in [3.63, 3.8) is 0 Å². The van der Waals surface area contributed by atoms with Crippen molar-refractivity contribution in [2.75, 3.05) is 5.48 Å². The van der Waals surface area contributed by atoms with Gasteiger partial charge in [0.1, 0.15) is 5.56 Å². The Balaban J connectivity index is 1.60. The van der Waals surface area contributed by atoms with Crippen LogP contribution in [0, 0.1) is 20.2 Å². The summed E-state index contributed by atoms with van der Waals surface area (Å²) in [6.07, 6.45) is 2.85. The highest BCUT2D eigenvalue weighted by Gasteiger charge is 2.24. The second kappa shape index (κ2) is 10.9. The predicted octanol–water partition coefficient (Wildman–Crippen LogP) is 5.01. The summed E-state index contributed by atoms with van der Waals surface area (Å²) in [5.41, 5.74) is 2.23. The predicted molar refractivity (Wildman–Crippen MR) is 120 cm³/mol. The molecule has 170 valence electrons. The summed E-state index contributed by atoms with van der Waals surface area (Å²) in [5.74, 6) is -1.66. The average molecular weight is 461 g/mol. The Morgan fingerprint density at radius 1 is 0.912 bits per heavy atom. The number of nitrogens with zero attached hydrogens (tertiary/aromatic N) is 4. The van der Waals surface area contributed by atoms with Crippen molar-refractivity contribution in [3.8, 4) is 0 Å². The molecule has 0 aliphatic carbocycles. The molecule has 0 aliphatic heterocycles. The first-order valence-electron chi connectivity index (χ1n) is 9.52. The molecule has 1 amide bonds. The van der Waals surface area contributed by atoms with Crippen LogP contribution in [0.4, 0.5) is 22.7 Å². The minimum Gasteiger partial charge on any atom is -0.339 e. The maximum atomic E-state index is 12.2. The molecule has 12 heteroatoms. The van der Waals surface area contributed by atoms with Crippen LogP contribution in [0.15, 0.2) is 89.1 Å². The summed E-state index contributed by atoms with van der Waals surface area (Å²) < 4.78 is 0. The minimum atomic E-state index is -1.04. The van der Waals surface area contributed by atoms with E-state index in [4.69, 9.17) is 4.84 Å². The van der Waals surface area contributed by atoms with E-state index >= 15 is 0 Å². The summed E-state index contributed by atoms with van der Waals surface area (Å²) in [6, 6.07) is 17.7. The highest BCUT2D eigenvalue weighted by Crippen LogP contribution is 2.26. The summed E-state index contributed by atoms with van der Waals surface area (Å²) >= 11 is 0. The van der Waals surface area contributed by atoms with Gasteiger partial charge < -0.3 is 4.84 Å². The zero-order valence-corrected chi connectivity index (χ0v) is 17.2. The Labute approximate surface area is 191 Å². The third-order valence-corrected chi connectivity index (χ3v) is 4.22. The zero-order valence-electron chi connectivity index (χ0n) is 17.2. The maximum Gasteiger partial charge on any atom is 0.355 e. The number of nitro benzene ring substituents is 2. The first kappa shape index (κ1) is 23.4. The Morgan fingerprint density at radius 2 is 1.62 bits per heavy atom. The molecule has 0 spiro atoms. The molecule has 0 saturated heterocycles. The first-order valence-corrected chi connectivity index (χ1v) is 9.52. The molecular weight excluding hydrogens is 446 g/mol. The fourth-order valence-corrected chi connectivity index (χ4v) is 2.59. The largest absolute Gasteiger partial charge is 0.355 e. The van der Waals surface area contributed by atoms with Crippen molar-refractivity contribution in [2.45, 2.75) is 0 Å². The van der Waals surface area contributed by atoms with E-state index in [1.54, 1.807) is 6.08 Å². The fraction of sp³-hybridized carbons (Fsp3) is 0. The molecule has 1 N–H and O–H groups in total. The van der Waals surface area contributed by atoms with Gasteiger partial charge in [-0.25, -0.2) is 10.3 Å². The smallest absolute Gasteiger partial charge is 0.339 e. The monoisotopic (exact) mass is 461 g/mol. The Kier molecular flexibility index (Phi) is 7.47. The highest BCUT2D eigenvalue weighted by atomic mass is 16.7. The van der Waals surface area contributed by atoms with Crippen LogP contribution in [0.3, 0.4) is 0 Å². The number of carbonyl (C=O) groups is 2. The Morgan fingerprint density at radius 3 is 2.26 bits per heavy atom. The maximum absolute atomic E-state index is 12.2. The quantitative estimate of drug-likeness (QED) is 0.211. The topological polar surface area (TPSA) is 166 Å². The van der Waals surface area contributed by atoms with E-state index in [0.717, 1.165) is 17.7 Å². The molecule has 0 saturated carbocycles. The van der Waals surface area contributed by atoms with E-state index in [2.05, 4.69) is 15.7 Å². The van der Waals surface area contributed by atoms with Crippen molar-refractivity contribution in [2.24, 2.45) is 10.2 Å². The number of hydrogen-bond donors (Lipinski definition) is 1. The van der Waals surface area contributed by atoms with Gasteiger partial charge in [0.05, 0.1) is 27.3 Å². The van der Waals surface area contributed by atoms with E-state index in [1.807, 2.05) is 30.3 Å². The van der Waals surface area contributed by atoms with E-state index in [0.29, 0.717) is 11.8 Å². The highest BCUT2D eigenvalue weighted by molar-refractivity contribution is 5.99. The second-order valence-corrected chi connectivity index (χ2v) is 6.53. The lowest BCUT2D eigenvalue weighted by atomic mass is 10.1. The number of anilines is 1. The number of rotatable bonds is 8. The minimum absolute atomic E-state index is 0.235. The standard InChI is InChI=1S/C22H15N5O7/c28-21(13-6-15-4-2-1-3-5-15)34-25-17-9-7-16(8-10-17)23-24-22(29)19-12-11-18(26(30)31)14-20(19)27(32)33/h1-14,25H/b13-6+,24-23?. The van der Waals surface area contributed by atoms with Crippen LogP contribution in [0.25, 0.3) is 6.08 Å². The summed E-state index contributed by atoms with van der Waals surface area (Å²) in [5, 5.41) is 29.1. The number of nitro groups is 2. The summed E-state index contributed by atoms with van der Waals surface area (Å²) in [7, 11) is 0. The molecule has 34 heavy (non-hydrogen) atoms. The van der Waals surface area contributed by atoms with E-state index in [9.17, 15) is 29.8 Å². The number of carbonyl (C=O) groups excluding carboxylic acids is 2. The van der Waals surface area contributed by atoms with E-state index in [-0.39, 0.29) is 5.69 Å². The normalized spacial score (nSPS) is 10.8. The molecule has 12 nitrogen and oxygen atoms in total. The van der Waals surface area contributed by atoms with E-state index < -0.39 is 38.7 Å². The van der Waals surface area contributed by atoms with Crippen LogP contribution in [-0.4, -0.2) is 21.7 Å². The molecule has 0 heterocycles. The third kappa shape index (κ3) is 6.37. The van der Waals surface area contributed by atoms with Gasteiger partial charge in [0.15, 0.2) is 0 Å². The summed E-state index contributed by atoms with van der Waals surface area (Å²) in [4.78, 5) is 49.1. The van der Waals surface area contributed by atoms with Crippen LogP contribution < -0.4 is 5.48 Å². The number of amides is 1. The lowest BCUT2D eigenvalue weighted by Gasteiger charge is -2.04. The van der Waals surface area contributed by atoms with Gasteiger partial charge in [-0.05, 0) is 42.0 Å². The van der Waals surface area contributed by atoms with Crippen LogP contribution in [-0.2, 0) is 9.63 Å². The lowest BCUT2D eigenvalue weighted by molar-refractivity contribution is -0.394. The van der Waals surface area contributed by atoms with Gasteiger partial charge in [-0.15, -0.1) is 10.2 Å². The number of hydrogen-bond acceptors (Lipinski definition) is 9. The number of nitrogens with one attached hydrogen (secondary N) is 1. The van der Waals surface area contributed by atoms with Crippen molar-refractivity contribution < 1.29 is 24.3 Å². The zero-order chi connectivity index (χ0) is 24.5. The molecular formula is C22H15N5O7. The Hall–Kier alpha value is -5.26.